The molecule has 0 saturated heterocycles. The first kappa shape index (κ1) is 14.8. The normalized spacial score (nSPS) is 14.9. The SMILES string of the molecule is CCN(CCC(C)CCS)CC(C)C#N. The number of nitrogens with zero attached hydrogens (tertiary/aromatic N) is 2. The second-order valence-corrected chi connectivity index (χ2v) is 4.78. The van der Waals surface area contributed by atoms with Gasteiger partial charge in [-0.3, -0.25) is 0 Å². The lowest BCUT2D eigenvalue weighted by molar-refractivity contribution is 0.249. The molecule has 0 bridgehead atoms. The minimum absolute atomic E-state index is 0.144. The molecule has 88 valence electrons. The fraction of sp³-hybridized carbons (Fsp3) is 0.917. The molecule has 2 unspecified atom stereocenters. The largest absolute Gasteiger partial charge is 0.302 e. The highest BCUT2D eigenvalue weighted by molar-refractivity contribution is 7.80. The van der Waals surface area contributed by atoms with Gasteiger partial charge in [-0.2, -0.15) is 17.9 Å². The number of hydrogen-bond acceptors (Lipinski definition) is 3. The molecule has 3 heteroatoms. The quantitative estimate of drug-likeness (QED) is 0.647. The van der Waals surface area contributed by atoms with Crippen LogP contribution in [0.3, 0.4) is 0 Å². The fourth-order valence-corrected chi connectivity index (χ4v) is 2.02. The molecule has 2 nitrogen and oxygen atoms in total. The standard InChI is InChI=1S/C12H24N2S/c1-4-14(10-12(3)9-13)7-5-11(2)6-8-15/h11-12,15H,4-8,10H2,1-3H3. The number of hydrogen-bond donors (Lipinski definition) is 1. The molecule has 0 spiro atoms. The van der Waals surface area contributed by atoms with Gasteiger partial charge in [0.1, 0.15) is 0 Å². The van der Waals surface area contributed by atoms with E-state index >= 15 is 0 Å². The average Bonchev–Trinajstić information content (AvgIpc) is 2.24. The van der Waals surface area contributed by atoms with Crippen LogP contribution < -0.4 is 0 Å². The van der Waals surface area contributed by atoms with Gasteiger partial charge in [-0.1, -0.05) is 13.8 Å². The van der Waals surface area contributed by atoms with E-state index in [1.165, 1.54) is 12.8 Å². The molecule has 2 atom stereocenters. The Morgan fingerprint density at radius 3 is 2.47 bits per heavy atom. The van der Waals surface area contributed by atoms with Crippen LogP contribution in [0.2, 0.25) is 0 Å². The van der Waals surface area contributed by atoms with Crippen molar-refractivity contribution in [3.63, 3.8) is 0 Å². The summed E-state index contributed by atoms with van der Waals surface area (Å²) in [6.45, 7) is 9.47. The van der Waals surface area contributed by atoms with Crippen LogP contribution in [0.25, 0.3) is 0 Å². The molecule has 0 aromatic heterocycles. The summed E-state index contributed by atoms with van der Waals surface area (Å²) in [6, 6.07) is 2.29. The van der Waals surface area contributed by atoms with Crippen molar-refractivity contribution in [3.05, 3.63) is 0 Å². The van der Waals surface area contributed by atoms with Crippen LogP contribution in [0, 0.1) is 23.2 Å². The average molecular weight is 228 g/mol. The zero-order valence-corrected chi connectivity index (χ0v) is 11.1. The topological polar surface area (TPSA) is 27.0 Å². The van der Waals surface area contributed by atoms with Crippen molar-refractivity contribution in [2.45, 2.75) is 33.6 Å². The Morgan fingerprint density at radius 2 is 2.00 bits per heavy atom. The van der Waals surface area contributed by atoms with E-state index in [9.17, 15) is 0 Å². The summed E-state index contributed by atoms with van der Waals surface area (Å²) in [4.78, 5) is 2.36. The Morgan fingerprint density at radius 1 is 1.33 bits per heavy atom. The van der Waals surface area contributed by atoms with Gasteiger partial charge in [-0.25, -0.2) is 0 Å². The Labute approximate surface area is 100 Å². The van der Waals surface area contributed by atoms with Gasteiger partial charge in [0.2, 0.25) is 0 Å². The number of nitriles is 1. The van der Waals surface area contributed by atoms with E-state index in [4.69, 9.17) is 5.26 Å². The van der Waals surface area contributed by atoms with Gasteiger partial charge in [-0.15, -0.1) is 0 Å². The lowest BCUT2D eigenvalue weighted by Gasteiger charge is -2.23. The van der Waals surface area contributed by atoms with Crippen LogP contribution >= 0.6 is 12.6 Å². The van der Waals surface area contributed by atoms with Gasteiger partial charge in [0, 0.05) is 6.54 Å². The van der Waals surface area contributed by atoms with Gasteiger partial charge < -0.3 is 4.90 Å². The summed E-state index contributed by atoms with van der Waals surface area (Å²) >= 11 is 4.24. The lowest BCUT2D eigenvalue weighted by atomic mass is 10.0. The van der Waals surface area contributed by atoms with Crippen LogP contribution in [-0.4, -0.2) is 30.3 Å². The molecule has 0 amide bonds. The van der Waals surface area contributed by atoms with Crippen LogP contribution in [0.15, 0.2) is 0 Å². The Kier molecular flexibility index (Phi) is 8.94. The molecule has 0 rings (SSSR count). The maximum atomic E-state index is 8.75. The molecule has 0 aliphatic heterocycles. The monoisotopic (exact) mass is 228 g/mol. The van der Waals surface area contributed by atoms with Crippen LogP contribution in [-0.2, 0) is 0 Å². The highest BCUT2D eigenvalue weighted by Gasteiger charge is 2.09. The van der Waals surface area contributed by atoms with Crippen molar-refractivity contribution < 1.29 is 0 Å². The molecule has 0 aromatic rings. The smallest absolute Gasteiger partial charge is 0.0666 e. The third-order valence-corrected chi connectivity index (χ3v) is 3.02. The molecule has 15 heavy (non-hydrogen) atoms. The molecule has 0 N–H and O–H groups in total. The van der Waals surface area contributed by atoms with Gasteiger partial charge in [-0.05, 0) is 44.5 Å². The number of thiol groups is 1. The van der Waals surface area contributed by atoms with E-state index < -0.39 is 0 Å². The van der Waals surface area contributed by atoms with Gasteiger partial charge in [0.05, 0.1) is 12.0 Å². The van der Waals surface area contributed by atoms with Crippen LogP contribution in [0.4, 0.5) is 0 Å². The van der Waals surface area contributed by atoms with Gasteiger partial charge >= 0.3 is 0 Å². The lowest BCUT2D eigenvalue weighted by Crippen LogP contribution is -2.30. The van der Waals surface area contributed by atoms with Crippen molar-refractivity contribution in [2.24, 2.45) is 11.8 Å². The summed E-state index contributed by atoms with van der Waals surface area (Å²) in [5.74, 6) is 1.86. The molecule has 0 aliphatic carbocycles. The first-order chi connectivity index (χ1) is 7.13. The van der Waals surface area contributed by atoms with E-state index in [-0.39, 0.29) is 5.92 Å². The predicted octanol–water partition coefficient (Wildman–Crippen LogP) is 2.81. The van der Waals surface area contributed by atoms with E-state index in [0.717, 1.165) is 31.3 Å². The molecule has 0 radical (unpaired) electrons. The van der Waals surface area contributed by atoms with Gasteiger partial charge in [0.15, 0.2) is 0 Å². The molecule has 0 aromatic carbocycles. The van der Waals surface area contributed by atoms with Crippen LogP contribution in [0.5, 0.6) is 0 Å². The number of rotatable bonds is 8. The molecular weight excluding hydrogens is 204 g/mol. The van der Waals surface area contributed by atoms with Crippen LogP contribution in [0.1, 0.15) is 33.6 Å². The third kappa shape index (κ3) is 7.70. The van der Waals surface area contributed by atoms with Crippen molar-refractivity contribution in [3.8, 4) is 6.07 Å². The summed E-state index contributed by atoms with van der Waals surface area (Å²) in [5.41, 5.74) is 0. The molecule has 0 aliphatic rings. The van der Waals surface area contributed by atoms with E-state index in [1.54, 1.807) is 0 Å². The maximum absolute atomic E-state index is 8.75. The summed E-state index contributed by atoms with van der Waals surface area (Å²) in [5, 5.41) is 8.75. The zero-order valence-electron chi connectivity index (χ0n) is 10.2. The summed E-state index contributed by atoms with van der Waals surface area (Å²) in [6.07, 6.45) is 2.40. The Hall–Kier alpha value is -0.200. The van der Waals surface area contributed by atoms with Crippen molar-refractivity contribution in [1.29, 1.82) is 5.26 Å². The van der Waals surface area contributed by atoms with Crippen molar-refractivity contribution in [2.75, 3.05) is 25.4 Å². The Balaban J connectivity index is 3.75. The Bertz CT molecular complexity index is 189. The molecule has 0 saturated carbocycles. The van der Waals surface area contributed by atoms with E-state index in [0.29, 0.717) is 0 Å². The second kappa shape index (κ2) is 9.06. The minimum atomic E-state index is 0.144. The summed E-state index contributed by atoms with van der Waals surface area (Å²) in [7, 11) is 0. The molecule has 0 fully saturated rings. The third-order valence-electron chi connectivity index (χ3n) is 2.76. The zero-order chi connectivity index (χ0) is 11.7. The first-order valence-corrected chi connectivity index (χ1v) is 6.50. The van der Waals surface area contributed by atoms with Crippen molar-refractivity contribution >= 4 is 12.6 Å². The molecular formula is C12H24N2S. The minimum Gasteiger partial charge on any atom is -0.302 e. The van der Waals surface area contributed by atoms with E-state index in [2.05, 4.69) is 37.4 Å². The molecule has 0 heterocycles. The fourth-order valence-electron chi connectivity index (χ4n) is 1.57. The maximum Gasteiger partial charge on any atom is 0.0666 e. The summed E-state index contributed by atoms with van der Waals surface area (Å²) < 4.78 is 0. The highest BCUT2D eigenvalue weighted by atomic mass is 32.1. The van der Waals surface area contributed by atoms with E-state index in [1.807, 2.05) is 6.92 Å². The highest BCUT2D eigenvalue weighted by Crippen LogP contribution is 2.10. The predicted molar refractivity (Wildman–Crippen MR) is 69.1 cm³/mol. The second-order valence-electron chi connectivity index (χ2n) is 4.33. The first-order valence-electron chi connectivity index (χ1n) is 5.86. The van der Waals surface area contributed by atoms with Crippen molar-refractivity contribution in [1.82, 2.24) is 4.90 Å². The van der Waals surface area contributed by atoms with Gasteiger partial charge in [0.25, 0.3) is 0 Å².